The highest BCUT2D eigenvalue weighted by atomic mass is 19.1. The van der Waals surface area contributed by atoms with Gasteiger partial charge in [0.25, 0.3) is 5.91 Å². The van der Waals surface area contributed by atoms with Crippen LogP contribution in [-0.4, -0.2) is 35.4 Å². The third-order valence-electron chi connectivity index (χ3n) is 6.51. The van der Waals surface area contributed by atoms with Gasteiger partial charge < -0.3 is 9.88 Å². The number of nitrogens with zero attached hydrogens (tertiary/aromatic N) is 6. The average molecular weight is 458 g/mol. The topological polar surface area (TPSA) is 90.5 Å². The second kappa shape index (κ2) is 8.16. The van der Waals surface area contributed by atoms with Gasteiger partial charge in [-0.15, -0.1) is 5.10 Å². The Morgan fingerprint density at radius 1 is 1.21 bits per heavy atom. The van der Waals surface area contributed by atoms with Gasteiger partial charge in [-0.2, -0.15) is 0 Å². The van der Waals surface area contributed by atoms with Crippen LogP contribution in [0.4, 0.5) is 10.2 Å². The number of carbonyl (C=O) groups is 1. The van der Waals surface area contributed by atoms with Crippen LogP contribution in [0.5, 0.6) is 0 Å². The Morgan fingerprint density at radius 2 is 2.09 bits per heavy atom. The monoisotopic (exact) mass is 457 g/mol. The molecule has 1 aliphatic heterocycles. The first-order chi connectivity index (χ1) is 16.6. The van der Waals surface area contributed by atoms with Crippen molar-refractivity contribution in [3.05, 3.63) is 71.1 Å². The summed E-state index contributed by atoms with van der Waals surface area (Å²) in [6.07, 6.45) is 9.25. The summed E-state index contributed by atoms with van der Waals surface area (Å²) in [5, 5.41) is 11.2. The Kier molecular flexibility index (Phi) is 4.97. The van der Waals surface area contributed by atoms with Crippen LogP contribution in [0.15, 0.2) is 42.7 Å². The zero-order valence-electron chi connectivity index (χ0n) is 18.8. The van der Waals surface area contributed by atoms with Gasteiger partial charge in [0.2, 0.25) is 0 Å². The maximum atomic E-state index is 14.8. The lowest BCUT2D eigenvalue weighted by molar-refractivity contribution is 0.102. The van der Waals surface area contributed by atoms with E-state index in [-0.39, 0.29) is 5.56 Å². The molecule has 1 aromatic carbocycles. The highest BCUT2D eigenvalue weighted by Crippen LogP contribution is 2.39. The van der Waals surface area contributed by atoms with Crippen LogP contribution in [0.3, 0.4) is 0 Å². The van der Waals surface area contributed by atoms with E-state index < -0.39 is 11.7 Å². The molecular formula is C25H24FN7O. The minimum Gasteiger partial charge on any atom is -0.327 e. The number of halogens is 1. The summed E-state index contributed by atoms with van der Waals surface area (Å²) in [6.45, 7) is 2.69. The zero-order valence-corrected chi connectivity index (χ0v) is 18.8. The quantitative estimate of drug-likeness (QED) is 0.479. The molecule has 172 valence electrons. The van der Waals surface area contributed by atoms with E-state index in [2.05, 4.69) is 30.2 Å². The molecule has 8 nitrogen and oxygen atoms in total. The number of anilines is 1. The molecule has 0 saturated heterocycles. The number of pyridine rings is 1. The van der Waals surface area contributed by atoms with E-state index in [0.717, 1.165) is 50.2 Å². The Hall–Kier alpha value is -3.88. The molecule has 1 fully saturated rings. The lowest BCUT2D eigenvalue weighted by Crippen LogP contribution is -2.16. The summed E-state index contributed by atoms with van der Waals surface area (Å²) < 4.78 is 18.6. The number of imidazole rings is 1. The van der Waals surface area contributed by atoms with Gasteiger partial charge in [0.1, 0.15) is 17.3 Å². The van der Waals surface area contributed by atoms with Crippen molar-refractivity contribution >= 4 is 11.7 Å². The van der Waals surface area contributed by atoms with E-state index in [1.54, 1.807) is 17.7 Å². The maximum Gasteiger partial charge on any atom is 0.259 e. The molecule has 1 N–H and O–H groups in total. The smallest absolute Gasteiger partial charge is 0.259 e. The molecule has 2 aliphatic rings. The fourth-order valence-electron chi connectivity index (χ4n) is 4.50. The molecule has 0 radical (unpaired) electrons. The van der Waals surface area contributed by atoms with Crippen molar-refractivity contribution in [3.8, 4) is 17.2 Å². The summed E-state index contributed by atoms with van der Waals surface area (Å²) in [6, 6.07) is 8.23. The molecule has 3 aromatic heterocycles. The molecule has 1 amide bonds. The number of amides is 1. The van der Waals surface area contributed by atoms with Crippen molar-refractivity contribution < 1.29 is 9.18 Å². The van der Waals surface area contributed by atoms with Crippen molar-refractivity contribution in [1.29, 1.82) is 0 Å². The number of aryl methyl sites for hydroxylation is 2. The lowest BCUT2D eigenvalue weighted by Gasteiger charge is -2.16. The standard InChI is InChI=1S/C25H24FN7O/c1-15-11-19(26)18(12-22(15)33-14-21(30-31-33)16-8-9-16)25(34)29-23-7-4-6-20(28-23)24-27-13-17-5-2-3-10-32(17)24/h4,6-7,11-14,16H,2-3,5,8-10H2,1H3,(H,28,29,34). The van der Waals surface area contributed by atoms with Crippen LogP contribution in [0.1, 0.15) is 58.9 Å². The van der Waals surface area contributed by atoms with Gasteiger partial charge in [0, 0.05) is 24.4 Å². The number of aromatic nitrogens is 6. The van der Waals surface area contributed by atoms with E-state index >= 15 is 0 Å². The third kappa shape index (κ3) is 3.76. The first-order valence-corrected chi connectivity index (χ1v) is 11.6. The molecule has 4 heterocycles. The molecule has 0 atom stereocenters. The van der Waals surface area contributed by atoms with Crippen molar-refractivity contribution in [2.45, 2.75) is 51.5 Å². The van der Waals surface area contributed by atoms with Gasteiger partial charge in [-0.25, -0.2) is 19.0 Å². The molecule has 1 aliphatic carbocycles. The SMILES string of the molecule is Cc1cc(F)c(C(=O)Nc2cccc(-c3ncc4n3CCCC4)n2)cc1-n1cc(C2CC2)nn1. The molecule has 1 saturated carbocycles. The van der Waals surface area contributed by atoms with Gasteiger partial charge >= 0.3 is 0 Å². The first kappa shape index (κ1) is 20.7. The van der Waals surface area contributed by atoms with Crippen LogP contribution in [-0.2, 0) is 13.0 Å². The number of fused-ring (bicyclic) bond motifs is 1. The van der Waals surface area contributed by atoms with Crippen LogP contribution in [0.2, 0.25) is 0 Å². The predicted octanol–water partition coefficient (Wildman–Crippen LogP) is 4.44. The fraction of sp³-hybridized carbons (Fsp3) is 0.320. The highest BCUT2D eigenvalue weighted by molar-refractivity contribution is 6.04. The third-order valence-corrected chi connectivity index (χ3v) is 6.51. The summed E-state index contributed by atoms with van der Waals surface area (Å²) in [4.78, 5) is 22.2. The van der Waals surface area contributed by atoms with E-state index in [0.29, 0.717) is 28.7 Å². The Balaban J connectivity index is 1.27. The zero-order chi connectivity index (χ0) is 23.2. The summed E-state index contributed by atoms with van der Waals surface area (Å²) in [5.74, 6) is 0.411. The molecule has 0 unspecified atom stereocenters. The van der Waals surface area contributed by atoms with E-state index in [9.17, 15) is 9.18 Å². The highest BCUT2D eigenvalue weighted by Gasteiger charge is 2.27. The van der Waals surface area contributed by atoms with Crippen molar-refractivity contribution in [3.63, 3.8) is 0 Å². The van der Waals surface area contributed by atoms with Crippen molar-refractivity contribution in [2.24, 2.45) is 0 Å². The Bertz CT molecular complexity index is 1400. The normalized spacial score (nSPS) is 15.2. The van der Waals surface area contributed by atoms with Crippen molar-refractivity contribution in [1.82, 2.24) is 29.5 Å². The molecule has 0 bridgehead atoms. The second-order valence-corrected chi connectivity index (χ2v) is 9.02. The summed E-state index contributed by atoms with van der Waals surface area (Å²) >= 11 is 0. The van der Waals surface area contributed by atoms with E-state index in [1.165, 1.54) is 17.8 Å². The van der Waals surface area contributed by atoms with Crippen molar-refractivity contribution in [2.75, 3.05) is 5.32 Å². The number of rotatable bonds is 5. The number of benzene rings is 1. The van der Waals surface area contributed by atoms with Gasteiger partial charge in [0.15, 0.2) is 5.82 Å². The Morgan fingerprint density at radius 3 is 2.94 bits per heavy atom. The molecule has 4 aromatic rings. The molecule has 34 heavy (non-hydrogen) atoms. The maximum absolute atomic E-state index is 14.8. The van der Waals surface area contributed by atoms with E-state index in [4.69, 9.17) is 0 Å². The summed E-state index contributed by atoms with van der Waals surface area (Å²) in [5.41, 5.74) is 4.02. The van der Waals surface area contributed by atoms with Gasteiger partial charge in [0.05, 0.1) is 23.1 Å². The van der Waals surface area contributed by atoms with Gasteiger partial charge in [-0.1, -0.05) is 11.3 Å². The average Bonchev–Trinajstić information content (AvgIpc) is 3.41. The number of nitrogens with one attached hydrogen (secondary N) is 1. The minimum absolute atomic E-state index is 0.0746. The number of carbonyl (C=O) groups excluding carboxylic acids is 1. The number of hydrogen-bond donors (Lipinski definition) is 1. The molecule has 0 spiro atoms. The van der Waals surface area contributed by atoms with Gasteiger partial charge in [-0.3, -0.25) is 4.79 Å². The second-order valence-electron chi connectivity index (χ2n) is 9.02. The van der Waals surface area contributed by atoms with Crippen LogP contribution in [0.25, 0.3) is 17.2 Å². The Labute approximate surface area is 195 Å². The largest absolute Gasteiger partial charge is 0.327 e. The molecule has 9 heteroatoms. The summed E-state index contributed by atoms with van der Waals surface area (Å²) in [7, 11) is 0. The minimum atomic E-state index is -0.597. The number of hydrogen-bond acceptors (Lipinski definition) is 5. The molecule has 6 rings (SSSR count). The van der Waals surface area contributed by atoms with Gasteiger partial charge in [-0.05, 0) is 68.9 Å². The van der Waals surface area contributed by atoms with Crippen LogP contribution < -0.4 is 5.32 Å². The molecular weight excluding hydrogens is 433 g/mol. The first-order valence-electron chi connectivity index (χ1n) is 11.6. The van der Waals surface area contributed by atoms with E-state index in [1.807, 2.05) is 24.5 Å². The predicted molar refractivity (Wildman–Crippen MR) is 124 cm³/mol. The fourth-order valence-corrected chi connectivity index (χ4v) is 4.50. The van der Waals surface area contributed by atoms with Crippen LogP contribution >= 0.6 is 0 Å². The van der Waals surface area contributed by atoms with Crippen LogP contribution in [0, 0.1) is 12.7 Å². The lowest BCUT2D eigenvalue weighted by atomic mass is 10.1.